The number of hydrogen-bond acceptors (Lipinski definition) is 3. The maximum absolute atomic E-state index is 12.3. The molecule has 38 heavy (non-hydrogen) atoms. The molecule has 0 saturated carbocycles. The van der Waals surface area contributed by atoms with Gasteiger partial charge in [0.25, 0.3) is 0 Å². The number of aromatic hydroxyl groups is 1. The third-order valence-corrected chi connectivity index (χ3v) is 8.50. The number of carbonyl (C=O) groups excluding carboxylic acids is 1. The Morgan fingerprint density at radius 3 is 1.63 bits per heavy atom. The van der Waals surface area contributed by atoms with Crippen LogP contribution in [0.4, 0.5) is 0 Å². The molecule has 1 aromatic carbocycles. The maximum atomic E-state index is 12.3. The second-order valence-corrected chi connectivity index (χ2v) is 13.8. The van der Waals surface area contributed by atoms with Gasteiger partial charge in [0.1, 0.15) is 11.9 Å². The number of benzene rings is 1. The average molecular weight is 531 g/mol. The Hall–Kier alpha value is -1.51. The van der Waals surface area contributed by atoms with Crippen LogP contribution in [0.5, 0.6) is 5.75 Å². The highest BCUT2D eigenvalue weighted by molar-refractivity contribution is 5.69. The van der Waals surface area contributed by atoms with Crippen LogP contribution in [0.3, 0.4) is 0 Å². The van der Waals surface area contributed by atoms with E-state index in [-0.39, 0.29) is 28.7 Å². The smallest absolute Gasteiger partial charge is 0.306 e. The molecule has 3 nitrogen and oxygen atoms in total. The minimum Gasteiger partial charge on any atom is -0.508 e. The van der Waals surface area contributed by atoms with Crippen molar-refractivity contribution < 1.29 is 14.6 Å². The van der Waals surface area contributed by atoms with Crippen LogP contribution in [0.25, 0.3) is 0 Å². The minimum absolute atomic E-state index is 0.106. The summed E-state index contributed by atoms with van der Waals surface area (Å²) in [5.74, 6) is 1.13. The number of hydrogen-bond donors (Lipinski definition) is 1. The Morgan fingerprint density at radius 1 is 0.711 bits per heavy atom. The first-order valence-electron chi connectivity index (χ1n) is 15.9. The van der Waals surface area contributed by atoms with Crippen molar-refractivity contribution in [3.05, 3.63) is 29.8 Å². The van der Waals surface area contributed by atoms with Gasteiger partial charge in [-0.1, -0.05) is 138 Å². The highest BCUT2D eigenvalue weighted by Gasteiger charge is 2.35. The molecule has 0 aliphatic rings. The molecule has 0 spiro atoms. The minimum atomic E-state index is -0.283. The van der Waals surface area contributed by atoms with E-state index < -0.39 is 0 Å². The first kappa shape index (κ1) is 34.5. The number of carbonyl (C=O) groups is 1. The van der Waals surface area contributed by atoms with Crippen LogP contribution in [-0.2, 0) is 9.53 Å². The van der Waals surface area contributed by atoms with Crippen molar-refractivity contribution in [3.63, 3.8) is 0 Å². The number of unbranched alkanes of at least 4 members (excludes halogenated alkanes) is 10. The van der Waals surface area contributed by atoms with Gasteiger partial charge in [-0.2, -0.15) is 0 Å². The number of ether oxygens (including phenoxy) is 1. The van der Waals surface area contributed by atoms with Crippen molar-refractivity contribution in [1.29, 1.82) is 0 Å². The zero-order chi connectivity index (χ0) is 28.6. The SMILES string of the molecule is CCCCCCCCCCCCCC(CC(CC(OC(=O)CC)c1ccc(O)cc1)C(C)(C)C)C(C)(C)C. The summed E-state index contributed by atoms with van der Waals surface area (Å²) in [5, 5.41) is 9.78. The third-order valence-electron chi connectivity index (χ3n) is 8.50. The van der Waals surface area contributed by atoms with Gasteiger partial charge in [-0.15, -0.1) is 0 Å². The predicted octanol–water partition coefficient (Wildman–Crippen LogP) is 11.2. The fourth-order valence-electron chi connectivity index (χ4n) is 5.55. The van der Waals surface area contributed by atoms with Gasteiger partial charge in [-0.05, 0) is 59.6 Å². The van der Waals surface area contributed by atoms with Crippen molar-refractivity contribution in [1.82, 2.24) is 0 Å². The molecule has 3 heteroatoms. The molecular formula is C35H62O3. The molecule has 0 aliphatic heterocycles. The number of phenols is 1. The van der Waals surface area contributed by atoms with Gasteiger partial charge in [0.2, 0.25) is 0 Å². The standard InChI is InChI=1S/C35H62O3/c1-9-11-12-13-14-15-16-17-18-19-20-21-29(34(3,4)5)26-30(35(6,7)8)27-32(38-33(37)10-2)28-22-24-31(36)25-23-28/h22-25,29-30,32,36H,9-21,26-27H2,1-8H3. The molecule has 0 saturated heterocycles. The lowest BCUT2D eigenvalue weighted by Gasteiger charge is -2.40. The molecule has 1 aromatic rings. The van der Waals surface area contributed by atoms with Crippen LogP contribution in [0.2, 0.25) is 0 Å². The largest absolute Gasteiger partial charge is 0.508 e. The second kappa shape index (κ2) is 18.0. The van der Waals surface area contributed by atoms with Gasteiger partial charge in [0, 0.05) is 6.42 Å². The van der Waals surface area contributed by atoms with Crippen LogP contribution in [-0.4, -0.2) is 11.1 Å². The molecular weight excluding hydrogens is 468 g/mol. The van der Waals surface area contributed by atoms with E-state index >= 15 is 0 Å². The molecule has 0 bridgehead atoms. The van der Waals surface area contributed by atoms with E-state index in [2.05, 4.69) is 48.5 Å². The Kier molecular flexibility index (Phi) is 16.3. The second-order valence-electron chi connectivity index (χ2n) is 13.8. The molecule has 0 amide bonds. The Bertz CT molecular complexity index is 738. The van der Waals surface area contributed by atoms with Crippen LogP contribution in [0.15, 0.2) is 24.3 Å². The molecule has 0 fully saturated rings. The van der Waals surface area contributed by atoms with Crippen molar-refractivity contribution in [3.8, 4) is 5.75 Å². The molecule has 0 heterocycles. The Morgan fingerprint density at radius 2 is 1.18 bits per heavy atom. The number of esters is 1. The van der Waals surface area contributed by atoms with E-state index in [0.29, 0.717) is 18.3 Å². The summed E-state index contributed by atoms with van der Waals surface area (Å²) >= 11 is 0. The van der Waals surface area contributed by atoms with E-state index in [1.807, 2.05) is 19.1 Å². The lowest BCUT2D eigenvalue weighted by molar-refractivity contribution is -0.150. The van der Waals surface area contributed by atoms with Gasteiger partial charge in [0.15, 0.2) is 0 Å². The van der Waals surface area contributed by atoms with Crippen LogP contribution in [0, 0.1) is 22.7 Å². The summed E-state index contributed by atoms with van der Waals surface area (Å²) in [4.78, 5) is 12.3. The lowest BCUT2D eigenvalue weighted by atomic mass is 9.66. The Labute approximate surface area is 236 Å². The van der Waals surface area contributed by atoms with Gasteiger partial charge >= 0.3 is 5.97 Å². The van der Waals surface area contributed by atoms with Crippen molar-refractivity contribution in [2.24, 2.45) is 22.7 Å². The molecule has 0 radical (unpaired) electrons. The van der Waals surface area contributed by atoms with Crippen LogP contribution >= 0.6 is 0 Å². The van der Waals surface area contributed by atoms with Crippen LogP contribution in [0.1, 0.15) is 163 Å². The Balaban J connectivity index is 2.73. The summed E-state index contributed by atoms with van der Waals surface area (Å²) in [6, 6.07) is 7.18. The van der Waals surface area contributed by atoms with Gasteiger partial charge < -0.3 is 9.84 Å². The maximum Gasteiger partial charge on any atom is 0.306 e. The van der Waals surface area contributed by atoms with E-state index in [0.717, 1.165) is 18.4 Å². The van der Waals surface area contributed by atoms with Crippen molar-refractivity contribution in [2.75, 3.05) is 0 Å². The number of rotatable bonds is 19. The predicted molar refractivity (Wildman–Crippen MR) is 163 cm³/mol. The molecule has 3 atom stereocenters. The van der Waals surface area contributed by atoms with E-state index in [1.165, 1.54) is 77.0 Å². The molecule has 1 N–H and O–H groups in total. The topological polar surface area (TPSA) is 46.5 Å². The number of phenolic OH excluding ortho intramolecular Hbond substituents is 1. The quantitative estimate of drug-likeness (QED) is 0.143. The van der Waals surface area contributed by atoms with Crippen LogP contribution < -0.4 is 0 Å². The summed E-state index contributed by atoms with van der Waals surface area (Å²) < 4.78 is 5.97. The van der Waals surface area contributed by atoms with Crippen molar-refractivity contribution >= 4 is 5.97 Å². The van der Waals surface area contributed by atoms with Gasteiger partial charge in [-0.25, -0.2) is 0 Å². The van der Waals surface area contributed by atoms with E-state index in [9.17, 15) is 9.90 Å². The van der Waals surface area contributed by atoms with Crippen molar-refractivity contribution in [2.45, 2.75) is 158 Å². The lowest BCUT2D eigenvalue weighted by Crippen LogP contribution is -2.31. The summed E-state index contributed by atoms with van der Waals surface area (Å²) in [6.07, 6.45) is 18.5. The van der Waals surface area contributed by atoms with E-state index in [1.54, 1.807) is 12.1 Å². The highest BCUT2D eigenvalue weighted by atomic mass is 16.5. The fourth-order valence-corrected chi connectivity index (χ4v) is 5.55. The van der Waals surface area contributed by atoms with E-state index in [4.69, 9.17) is 4.74 Å². The monoisotopic (exact) mass is 530 g/mol. The summed E-state index contributed by atoms with van der Waals surface area (Å²) in [6.45, 7) is 18.3. The molecule has 0 aliphatic carbocycles. The zero-order valence-corrected chi connectivity index (χ0v) is 26.4. The fraction of sp³-hybridized carbons (Fsp3) is 0.800. The first-order valence-corrected chi connectivity index (χ1v) is 15.9. The summed E-state index contributed by atoms with van der Waals surface area (Å²) in [7, 11) is 0. The molecule has 0 aromatic heterocycles. The van der Waals surface area contributed by atoms with Gasteiger partial charge in [-0.3, -0.25) is 4.79 Å². The third kappa shape index (κ3) is 14.6. The summed E-state index contributed by atoms with van der Waals surface area (Å²) in [5.41, 5.74) is 1.32. The van der Waals surface area contributed by atoms with Gasteiger partial charge in [0.05, 0.1) is 0 Å². The molecule has 220 valence electrons. The molecule has 3 unspecified atom stereocenters. The first-order chi connectivity index (χ1) is 17.9. The zero-order valence-electron chi connectivity index (χ0n) is 26.4. The molecule has 1 rings (SSSR count). The normalized spacial score (nSPS) is 14.7. The highest BCUT2D eigenvalue weighted by Crippen LogP contribution is 2.44. The average Bonchev–Trinajstić information content (AvgIpc) is 2.84.